The van der Waals surface area contributed by atoms with Gasteiger partial charge >= 0.3 is 0 Å². The first kappa shape index (κ1) is 18.0. The molecule has 0 saturated carbocycles. The molecule has 4 nitrogen and oxygen atoms in total. The van der Waals surface area contributed by atoms with Gasteiger partial charge in [-0.25, -0.2) is 4.39 Å². The van der Waals surface area contributed by atoms with Crippen LogP contribution < -0.4 is 10.6 Å². The lowest BCUT2D eigenvalue weighted by molar-refractivity contribution is -0.113. The largest absolute Gasteiger partial charge is 0.372 e. The van der Waals surface area contributed by atoms with Crippen molar-refractivity contribution in [2.75, 3.05) is 12.4 Å². The number of hydrogen-bond donors (Lipinski definition) is 2. The lowest BCUT2D eigenvalue weighted by atomic mass is 10.1. The van der Waals surface area contributed by atoms with Crippen LogP contribution in [0.5, 0.6) is 0 Å². The summed E-state index contributed by atoms with van der Waals surface area (Å²) in [7, 11) is 1.44. The van der Waals surface area contributed by atoms with Gasteiger partial charge in [0.05, 0.1) is 5.56 Å². The van der Waals surface area contributed by atoms with E-state index in [2.05, 4.69) is 10.6 Å². The van der Waals surface area contributed by atoms with Crippen LogP contribution in [-0.2, 0) is 4.79 Å². The van der Waals surface area contributed by atoms with Gasteiger partial charge in [-0.1, -0.05) is 18.2 Å². The first-order chi connectivity index (χ1) is 11.3. The number of amides is 1. The second kappa shape index (κ2) is 7.49. The molecule has 0 heterocycles. The van der Waals surface area contributed by atoms with Crippen LogP contribution in [0.15, 0.2) is 53.4 Å². The lowest BCUT2D eigenvalue weighted by Crippen LogP contribution is -2.38. The van der Waals surface area contributed by atoms with Crippen LogP contribution in [0.25, 0.3) is 0 Å². The molecular formula is C18H19FN2O2S. The minimum absolute atomic E-state index is 0.0363. The highest BCUT2D eigenvalue weighted by Crippen LogP contribution is 2.27. The molecule has 24 heavy (non-hydrogen) atoms. The predicted molar refractivity (Wildman–Crippen MR) is 94.8 cm³/mol. The van der Waals surface area contributed by atoms with Gasteiger partial charge in [0, 0.05) is 17.6 Å². The van der Waals surface area contributed by atoms with Crippen molar-refractivity contribution >= 4 is 28.5 Å². The summed E-state index contributed by atoms with van der Waals surface area (Å²) in [6.07, 6.45) is 0. The highest BCUT2D eigenvalue weighted by Gasteiger charge is 2.28. The quantitative estimate of drug-likeness (QED) is 0.811. The molecule has 0 fully saturated rings. The summed E-state index contributed by atoms with van der Waals surface area (Å²) < 4.78 is 14.0. The van der Waals surface area contributed by atoms with Crippen LogP contribution in [0, 0.1) is 5.82 Å². The lowest BCUT2D eigenvalue weighted by Gasteiger charge is -2.25. The summed E-state index contributed by atoms with van der Waals surface area (Å²) >= 11 is 1.13. The molecule has 0 spiro atoms. The highest BCUT2D eigenvalue weighted by atomic mass is 32.2. The van der Waals surface area contributed by atoms with Gasteiger partial charge in [0.25, 0.3) is 5.91 Å². The Balaban J connectivity index is 2.12. The van der Waals surface area contributed by atoms with Gasteiger partial charge in [-0.3, -0.25) is 9.59 Å². The molecular weight excluding hydrogens is 327 g/mol. The van der Waals surface area contributed by atoms with Gasteiger partial charge in [0.2, 0.25) is 5.12 Å². The Bertz CT molecular complexity index is 748. The molecule has 2 rings (SSSR count). The number of halogens is 1. The molecule has 6 heteroatoms. The van der Waals surface area contributed by atoms with Crippen molar-refractivity contribution in [2.45, 2.75) is 24.3 Å². The number of hydrogen-bond acceptors (Lipinski definition) is 4. The van der Waals surface area contributed by atoms with E-state index in [1.165, 1.54) is 19.2 Å². The van der Waals surface area contributed by atoms with E-state index in [1.54, 1.807) is 19.9 Å². The van der Waals surface area contributed by atoms with E-state index in [-0.39, 0.29) is 10.7 Å². The Labute approximate surface area is 144 Å². The van der Waals surface area contributed by atoms with Gasteiger partial charge in [-0.2, -0.15) is 0 Å². The smallest absolute Gasteiger partial charge is 0.253 e. The molecule has 0 aliphatic rings. The molecule has 0 aliphatic heterocycles. The third kappa shape index (κ3) is 4.35. The Hall–Kier alpha value is -2.34. The molecule has 0 atom stereocenters. The Morgan fingerprint density at radius 3 is 2.33 bits per heavy atom. The monoisotopic (exact) mass is 346 g/mol. The van der Waals surface area contributed by atoms with Crippen LogP contribution in [0.2, 0.25) is 0 Å². The van der Waals surface area contributed by atoms with E-state index < -0.39 is 17.3 Å². The van der Waals surface area contributed by atoms with Crippen molar-refractivity contribution in [3.8, 4) is 0 Å². The van der Waals surface area contributed by atoms with Gasteiger partial charge in [0.15, 0.2) is 0 Å². The van der Waals surface area contributed by atoms with Crippen LogP contribution in [0.4, 0.5) is 10.1 Å². The average Bonchev–Trinajstić information content (AvgIpc) is 2.55. The van der Waals surface area contributed by atoms with Crippen molar-refractivity contribution in [3.05, 3.63) is 59.9 Å². The fraction of sp³-hybridized carbons (Fsp3) is 0.222. The fourth-order valence-electron chi connectivity index (χ4n) is 2.05. The van der Waals surface area contributed by atoms with Crippen molar-refractivity contribution in [1.29, 1.82) is 0 Å². The summed E-state index contributed by atoms with van der Waals surface area (Å²) in [6, 6.07) is 13.5. The SMILES string of the molecule is CNC(=O)c1ccc(NC(C)(C)C(=O)Sc2ccccc2)cc1F. The number of thioether (sulfide) groups is 1. The van der Waals surface area contributed by atoms with Crippen LogP contribution in [0.3, 0.4) is 0 Å². The Morgan fingerprint density at radius 1 is 1.08 bits per heavy atom. The van der Waals surface area contributed by atoms with E-state index >= 15 is 0 Å². The van der Waals surface area contributed by atoms with Crippen molar-refractivity contribution in [3.63, 3.8) is 0 Å². The topological polar surface area (TPSA) is 58.2 Å². The van der Waals surface area contributed by atoms with E-state index in [0.717, 1.165) is 16.7 Å². The minimum Gasteiger partial charge on any atom is -0.372 e. The summed E-state index contributed by atoms with van der Waals surface area (Å²) in [5.74, 6) is -1.13. The molecule has 0 radical (unpaired) electrons. The maximum atomic E-state index is 14.0. The molecule has 0 bridgehead atoms. The summed E-state index contributed by atoms with van der Waals surface area (Å²) in [6.45, 7) is 3.46. The van der Waals surface area contributed by atoms with E-state index in [4.69, 9.17) is 0 Å². The number of rotatable bonds is 5. The van der Waals surface area contributed by atoms with Crippen molar-refractivity contribution in [1.82, 2.24) is 5.32 Å². The van der Waals surface area contributed by atoms with Gasteiger partial charge in [-0.15, -0.1) is 0 Å². The first-order valence-corrected chi connectivity index (χ1v) is 8.22. The van der Waals surface area contributed by atoms with E-state index in [1.807, 2.05) is 30.3 Å². The second-order valence-electron chi connectivity index (χ2n) is 5.73. The van der Waals surface area contributed by atoms with Crippen molar-refractivity contribution in [2.24, 2.45) is 0 Å². The van der Waals surface area contributed by atoms with Crippen molar-refractivity contribution < 1.29 is 14.0 Å². The number of nitrogens with one attached hydrogen (secondary N) is 2. The molecule has 0 saturated heterocycles. The molecule has 0 unspecified atom stereocenters. The van der Waals surface area contributed by atoms with Crippen LogP contribution in [-0.4, -0.2) is 23.6 Å². The summed E-state index contributed by atoms with van der Waals surface area (Å²) in [5, 5.41) is 5.31. The number of carbonyl (C=O) groups is 2. The zero-order valence-electron chi connectivity index (χ0n) is 13.7. The van der Waals surface area contributed by atoms with E-state index in [0.29, 0.717) is 5.69 Å². The number of anilines is 1. The standard InChI is InChI=1S/C18H19FN2O2S/c1-18(2,17(23)24-13-7-5-4-6-8-13)21-12-9-10-14(15(19)11-12)16(22)20-3/h4-11,21H,1-3H3,(H,20,22). The molecule has 2 N–H and O–H groups in total. The summed E-state index contributed by atoms with van der Waals surface area (Å²) in [5.41, 5.74) is -0.500. The van der Waals surface area contributed by atoms with Gasteiger partial charge in [0.1, 0.15) is 11.4 Å². The zero-order valence-corrected chi connectivity index (χ0v) is 14.5. The molecule has 1 amide bonds. The minimum atomic E-state index is -0.901. The maximum Gasteiger partial charge on any atom is 0.253 e. The zero-order chi connectivity index (χ0) is 17.7. The predicted octanol–water partition coefficient (Wildman–Crippen LogP) is 3.69. The normalized spacial score (nSPS) is 11.0. The van der Waals surface area contributed by atoms with Gasteiger partial charge in [-0.05, 0) is 55.9 Å². The molecule has 126 valence electrons. The van der Waals surface area contributed by atoms with Gasteiger partial charge < -0.3 is 10.6 Å². The summed E-state index contributed by atoms with van der Waals surface area (Å²) in [4.78, 5) is 24.8. The van der Waals surface area contributed by atoms with Crippen LogP contribution >= 0.6 is 11.8 Å². The Kier molecular flexibility index (Phi) is 5.62. The highest BCUT2D eigenvalue weighted by molar-refractivity contribution is 8.13. The average molecular weight is 346 g/mol. The van der Waals surface area contributed by atoms with E-state index in [9.17, 15) is 14.0 Å². The maximum absolute atomic E-state index is 14.0. The second-order valence-corrected chi connectivity index (χ2v) is 6.77. The van der Waals surface area contributed by atoms with Crippen LogP contribution in [0.1, 0.15) is 24.2 Å². The molecule has 2 aromatic carbocycles. The molecule has 2 aromatic rings. The number of benzene rings is 2. The molecule has 0 aromatic heterocycles. The molecule has 0 aliphatic carbocycles. The Morgan fingerprint density at radius 2 is 1.75 bits per heavy atom. The first-order valence-electron chi connectivity index (χ1n) is 7.40. The fourth-order valence-corrected chi connectivity index (χ4v) is 2.86. The third-order valence-electron chi connectivity index (χ3n) is 3.36. The number of carbonyl (C=O) groups excluding carboxylic acids is 2. The third-order valence-corrected chi connectivity index (χ3v) is 4.57.